The molecule has 0 saturated carbocycles. The molecule has 0 bridgehead atoms. The quantitative estimate of drug-likeness (QED) is 0.717. The van der Waals surface area contributed by atoms with Crippen molar-refractivity contribution in [2.45, 2.75) is 40.3 Å². The van der Waals surface area contributed by atoms with Gasteiger partial charge in [-0.1, -0.05) is 32.9 Å². The molecule has 0 aromatic carbocycles. The van der Waals surface area contributed by atoms with Crippen LogP contribution in [0.4, 0.5) is 0 Å². The van der Waals surface area contributed by atoms with E-state index in [-0.39, 0.29) is 0 Å². The number of nitrogens with zero attached hydrogens (tertiary/aromatic N) is 2. The summed E-state index contributed by atoms with van der Waals surface area (Å²) in [6, 6.07) is 2.07. The average molecular weight is 221 g/mol. The highest BCUT2D eigenvalue weighted by molar-refractivity contribution is 5.01. The molecule has 0 spiro atoms. The van der Waals surface area contributed by atoms with E-state index in [1.807, 2.05) is 10.9 Å². The van der Waals surface area contributed by atoms with E-state index in [1.165, 1.54) is 5.57 Å². The maximum Gasteiger partial charge on any atom is 0.0762 e. The number of hydrogen-bond donors (Lipinski definition) is 1. The van der Waals surface area contributed by atoms with Gasteiger partial charge in [0.2, 0.25) is 0 Å². The van der Waals surface area contributed by atoms with Crippen LogP contribution < -0.4 is 5.32 Å². The monoisotopic (exact) mass is 221 g/mol. The predicted octanol–water partition coefficient (Wildman–Crippen LogP) is 2.59. The predicted molar refractivity (Wildman–Crippen MR) is 68.2 cm³/mol. The van der Waals surface area contributed by atoms with E-state index in [1.54, 1.807) is 0 Å². The fourth-order valence-electron chi connectivity index (χ4n) is 1.42. The van der Waals surface area contributed by atoms with Crippen LogP contribution in [0.25, 0.3) is 0 Å². The van der Waals surface area contributed by atoms with Crippen molar-refractivity contribution in [3.8, 4) is 0 Å². The van der Waals surface area contributed by atoms with Gasteiger partial charge in [-0.05, 0) is 24.9 Å². The molecule has 1 heterocycles. The molecule has 0 saturated heterocycles. The van der Waals surface area contributed by atoms with Gasteiger partial charge in [0.05, 0.1) is 12.2 Å². The zero-order valence-electron chi connectivity index (χ0n) is 10.7. The van der Waals surface area contributed by atoms with Gasteiger partial charge in [0.25, 0.3) is 0 Å². The molecule has 1 N–H and O–H groups in total. The molecule has 0 aliphatic rings. The van der Waals surface area contributed by atoms with Gasteiger partial charge in [0.1, 0.15) is 0 Å². The molecule has 0 amide bonds. The Balaban J connectivity index is 2.36. The third-order valence-corrected chi connectivity index (χ3v) is 2.44. The second-order valence-electron chi connectivity index (χ2n) is 4.63. The van der Waals surface area contributed by atoms with Crippen LogP contribution >= 0.6 is 0 Å². The summed E-state index contributed by atoms with van der Waals surface area (Å²) in [6.07, 6.45) is 3.04. The summed E-state index contributed by atoms with van der Waals surface area (Å²) in [5.41, 5.74) is 2.31. The second-order valence-corrected chi connectivity index (χ2v) is 4.63. The van der Waals surface area contributed by atoms with Gasteiger partial charge in [-0.25, -0.2) is 0 Å². The van der Waals surface area contributed by atoms with Gasteiger partial charge in [-0.2, -0.15) is 5.10 Å². The van der Waals surface area contributed by atoms with Crippen molar-refractivity contribution in [3.05, 3.63) is 30.1 Å². The van der Waals surface area contributed by atoms with E-state index < -0.39 is 0 Å². The second kappa shape index (κ2) is 6.48. The van der Waals surface area contributed by atoms with Crippen LogP contribution in [0.5, 0.6) is 0 Å². The summed E-state index contributed by atoms with van der Waals surface area (Å²) in [5, 5.41) is 7.87. The van der Waals surface area contributed by atoms with Crippen LogP contribution in [0, 0.1) is 5.92 Å². The van der Waals surface area contributed by atoms with E-state index in [0.717, 1.165) is 31.7 Å². The minimum atomic E-state index is 0.682. The SMILES string of the molecule is C=C(CC)Cn1ccc(CNCC(C)C)n1. The molecule has 1 rings (SSSR count). The molecule has 0 radical (unpaired) electrons. The summed E-state index contributed by atoms with van der Waals surface area (Å²) in [4.78, 5) is 0. The number of aromatic nitrogens is 2. The van der Waals surface area contributed by atoms with Gasteiger partial charge >= 0.3 is 0 Å². The molecule has 1 aromatic rings. The van der Waals surface area contributed by atoms with Crippen LogP contribution in [0.3, 0.4) is 0 Å². The Morgan fingerprint density at radius 2 is 2.31 bits per heavy atom. The minimum absolute atomic E-state index is 0.682. The smallest absolute Gasteiger partial charge is 0.0762 e. The zero-order chi connectivity index (χ0) is 12.0. The lowest BCUT2D eigenvalue weighted by Gasteiger charge is -2.05. The van der Waals surface area contributed by atoms with Gasteiger partial charge in [0, 0.05) is 12.7 Å². The van der Waals surface area contributed by atoms with Crippen LogP contribution in [0.1, 0.15) is 32.9 Å². The van der Waals surface area contributed by atoms with Gasteiger partial charge < -0.3 is 5.32 Å². The molecule has 1 aromatic heterocycles. The first-order valence-electron chi connectivity index (χ1n) is 6.01. The van der Waals surface area contributed by atoms with Crippen LogP contribution in [0.15, 0.2) is 24.4 Å². The summed E-state index contributed by atoms with van der Waals surface area (Å²) in [7, 11) is 0. The van der Waals surface area contributed by atoms with Crippen molar-refractivity contribution in [2.24, 2.45) is 5.92 Å². The summed E-state index contributed by atoms with van der Waals surface area (Å²) >= 11 is 0. The van der Waals surface area contributed by atoms with E-state index in [9.17, 15) is 0 Å². The zero-order valence-corrected chi connectivity index (χ0v) is 10.7. The minimum Gasteiger partial charge on any atom is -0.311 e. The van der Waals surface area contributed by atoms with E-state index in [4.69, 9.17) is 0 Å². The van der Waals surface area contributed by atoms with Crippen LogP contribution in [0.2, 0.25) is 0 Å². The van der Waals surface area contributed by atoms with Crippen molar-refractivity contribution in [1.29, 1.82) is 0 Å². The largest absolute Gasteiger partial charge is 0.311 e. The Morgan fingerprint density at radius 3 is 2.94 bits per heavy atom. The molecule has 0 unspecified atom stereocenters. The molecule has 0 fully saturated rings. The van der Waals surface area contributed by atoms with Crippen molar-refractivity contribution >= 4 is 0 Å². The molecular weight excluding hydrogens is 198 g/mol. The van der Waals surface area contributed by atoms with E-state index in [0.29, 0.717) is 5.92 Å². The molecule has 0 atom stereocenters. The summed E-state index contributed by atoms with van der Waals surface area (Å²) in [5.74, 6) is 0.682. The van der Waals surface area contributed by atoms with Crippen molar-refractivity contribution in [2.75, 3.05) is 6.54 Å². The fraction of sp³-hybridized carbons (Fsp3) is 0.615. The van der Waals surface area contributed by atoms with Gasteiger partial charge in [-0.3, -0.25) is 4.68 Å². The van der Waals surface area contributed by atoms with Crippen molar-refractivity contribution in [1.82, 2.24) is 15.1 Å². The van der Waals surface area contributed by atoms with E-state index >= 15 is 0 Å². The van der Waals surface area contributed by atoms with Gasteiger partial charge in [0.15, 0.2) is 0 Å². The Kier molecular flexibility index (Phi) is 5.26. The highest BCUT2D eigenvalue weighted by atomic mass is 15.3. The topological polar surface area (TPSA) is 29.9 Å². The average Bonchev–Trinajstić information content (AvgIpc) is 2.65. The number of allylic oxidation sites excluding steroid dienone is 1. The molecule has 0 aliphatic carbocycles. The lowest BCUT2D eigenvalue weighted by Crippen LogP contribution is -2.19. The number of nitrogens with one attached hydrogen (secondary N) is 1. The summed E-state index contributed by atoms with van der Waals surface area (Å²) < 4.78 is 1.96. The van der Waals surface area contributed by atoms with E-state index in [2.05, 4.69) is 43.8 Å². The number of hydrogen-bond acceptors (Lipinski definition) is 2. The first-order chi connectivity index (χ1) is 7.61. The Bertz CT molecular complexity index is 326. The molecular formula is C13H23N3. The molecule has 0 aliphatic heterocycles. The van der Waals surface area contributed by atoms with Crippen LogP contribution in [-0.4, -0.2) is 16.3 Å². The maximum atomic E-state index is 4.49. The molecule has 16 heavy (non-hydrogen) atoms. The maximum absolute atomic E-state index is 4.49. The van der Waals surface area contributed by atoms with Crippen molar-refractivity contribution < 1.29 is 0 Å². The molecule has 3 heteroatoms. The first kappa shape index (κ1) is 13.0. The highest BCUT2D eigenvalue weighted by Crippen LogP contribution is 2.02. The first-order valence-corrected chi connectivity index (χ1v) is 6.01. The highest BCUT2D eigenvalue weighted by Gasteiger charge is 2.00. The number of rotatable bonds is 7. The molecule has 90 valence electrons. The van der Waals surface area contributed by atoms with Crippen molar-refractivity contribution in [3.63, 3.8) is 0 Å². The van der Waals surface area contributed by atoms with Gasteiger partial charge in [-0.15, -0.1) is 0 Å². The Hall–Kier alpha value is -1.09. The fourth-order valence-corrected chi connectivity index (χ4v) is 1.42. The Morgan fingerprint density at radius 1 is 1.56 bits per heavy atom. The summed E-state index contributed by atoms with van der Waals surface area (Å²) in [6.45, 7) is 13.2. The third-order valence-electron chi connectivity index (χ3n) is 2.44. The lowest BCUT2D eigenvalue weighted by atomic mass is 10.2. The third kappa shape index (κ3) is 4.62. The van der Waals surface area contributed by atoms with Crippen LogP contribution in [-0.2, 0) is 13.1 Å². The Labute approximate surface area is 98.5 Å². The normalized spacial score (nSPS) is 11.0. The standard InChI is InChI=1S/C13H23N3/c1-5-12(4)10-16-7-6-13(15-16)9-14-8-11(2)3/h6-7,11,14H,4-5,8-10H2,1-3H3. The molecule has 3 nitrogen and oxygen atoms in total. The lowest BCUT2D eigenvalue weighted by molar-refractivity contribution is 0.542.